The van der Waals surface area contributed by atoms with Gasteiger partial charge < -0.3 is 25.7 Å². The molecule has 5 atom stereocenters. The van der Waals surface area contributed by atoms with Gasteiger partial charge in [0.15, 0.2) is 17.0 Å². The molecule has 0 aliphatic carbocycles. The number of amides is 2. The molecule has 0 spiro atoms. The first-order valence-corrected chi connectivity index (χ1v) is 28.9. The van der Waals surface area contributed by atoms with E-state index in [9.17, 15) is 0 Å². The molecule has 2 aliphatic rings. The van der Waals surface area contributed by atoms with Crippen LogP contribution in [0.4, 0.5) is 17.6 Å². The number of hydrogen-bond donors (Lipinski definition) is 2. The van der Waals surface area contributed by atoms with Gasteiger partial charge in [-0.1, -0.05) is 127 Å². The molecule has 2 aliphatic heterocycles. The van der Waals surface area contributed by atoms with Gasteiger partial charge in [-0.25, -0.2) is 27.6 Å². The van der Waals surface area contributed by atoms with Crippen LogP contribution in [-0.2, 0) is 49.5 Å². The summed E-state index contributed by atoms with van der Waals surface area (Å²) in [5.41, 5.74) is 6.67. The van der Waals surface area contributed by atoms with Gasteiger partial charge in [-0.15, -0.1) is 0 Å². The Kier molecular flexibility index (Phi) is 19.3. The highest BCUT2D eigenvalue weighted by molar-refractivity contribution is 9.10. The van der Waals surface area contributed by atoms with E-state index in [-0.39, 0.29) is 63.3 Å². The molecule has 0 saturated heterocycles. The molecule has 420 valence electrons. The number of Topliss-reactive ketones (excluding diaryl/α,β-unsaturated/α-hetero) is 1. The maximum Gasteiger partial charge on any atom is 0.281 e. The van der Waals surface area contributed by atoms with Crippen molar-refractivity contribution in [2.45, 2.75) is 72.0 Å². The van der Waals surface area contributed by atoms with Gasteiger partial charge >= 0.3 is 0 Å². The Balaban J connectivity index is 1.31. The van der Waals surface area contributed by atoms with Gasteiger partial charge in [0.05, 0.1) is 6.42 Å². The van der Waals surface area contributed by atoms with Crippen LogP contribution in [0, 0.1) is 23.3 Å². The zero-order valence-corrected chi connectivity index (χ0v) is 49.9. The molecular weight excluding hydrogens is 1250 g/mol. The van der Waals surface area contributed by atoms with Crippen LogP contribution in [0.5, 0.6) is 0 Å². The van der Waals surface area contributed by atoms with Crippen LogP contribution < -0.4 is 11.5 Å². The lowest BCUT2D eigenvalue weighted by Crippen LogP contribution is -2.58. The fourth-order valence-electron chi connectivity index (χ4n) is 9.93. The SMILES string of the molecule is COC(CC(=O)[C@@](C)(CC(OC)(C(=O)N1N=C(c2cc(F)ccc2F)SC1(CCCN)c1ccc(Br)cc1)c1ccc(Br)cc1)OC)(C(=O)N1N=C(c2cc(F)ccc2F)SC1(CCCN)c1ccc(Cl)cc1)c1ccc(Cl)cc1. The van der Waals surface area contributed by atoms with Crippen LogP contribution in [0.25, 0.3) is 0 Å². The van der Waals surface area contributed by atoms with Gasteiger partial charge in [-0.05, 0) is 153 Å². The summed E-state index contributed by atoms with van der Waals surface area (Å²) >= 11 is 21.9. The minimum absolute atomic E-state index is 0.0276. The lowest BCUT2D eigenvalue weighted by molar-refractivity contribution is -0.178. The number of hydrogen-bond acceptors (Lipinski definition) is 12. The van der Waals surface area contributed by atoms with Crippen molar-refractivity contribution in [1.82, 2.24) is 10.0 Å². The summed E-state index contributed by atoms with van der Waals surface area (Å²) in [4.78, 5) is 45.8. The summed E-state index contributed by atoms with van der Waals surface area (Å²) in [6.07, 6.45) is -0.517. The summed E-state index contributed by atoms with van der Waals surface area (Å²) in [5, 5.41) is 12.5. The number of benzene rings is 6. The van der Waals surface area contributed by atoms with Crippen LogP contribution in [0.2, 0.25) is 10.0 Å². The Morgan fingerprint density at radius 1 is 0.588 bits per heavy atom. The van der Waals surface area contributed by atoms with Crippen LogP contribution >= 0.6 is 78.6 Å². The molecule has 0 aromatic heterocycles. The van der Waals surface area contributed by atoms with Crippen LogP contribution in [0.15, 0.2) is 153 Å². The van der Waals surface area contributed by atoms with Gasteiger partial charge in [-0.3, -0.25) is 14.4 Å². The highest BCUT2D eigenvalue weighted by atomic mass is 79.9. The number of methoxy groups -OCH3 is 3. The molecule has 22 heteroatoms. The van der Waals surface area contributed by atoms with E-state index in [4.69, 9.17) is 59.1 Å². The molecule has 0 saturated carbocycles. The van der Waals surface area contributed by atoms with Crippen molar-refractivity contribution >= 4 is 106 Å². The highest BCUT2D eigenvalue weighted by Crippen LogP contribution is 2.56. The maximum absolute atomic E-state index is 16.4. The molecule has 2 heterocycles. The Bertz CT molecular complexity index is 3340. The van der Waals surface area contributed by atoms with Crippen LogP contribution in [-0.4, -0.2) is 77.7 Å². The molecule has 4 N–H and O–H groups in total. The van der Waals surface area contributed by atoms with E-state index < -0.39 is 80.3 Å². The Morgan fingerprint density at radius 3 is 1.40 bits per heavy atom. The lowest BCUT2D eigenvalue weighted by Gasteiger charge is -2.45. The summed E-state index contributed by atoms with van der Waals surface area (Å²) < 4.78 is 82.3. The monoisotopic (exact) mass is 1300 g/mol. The van der Waals surface area contributed by atoms with E-state index in [1.54, 1.807) is 72.8 Å². The third-order valence-electron chi connectivity index (χ3n) is 14.4. The van der Waals surface area contributed by atoms with Crippen LogP contribution in [0.3, 0.4) is 0 Å². The third-order valence-corrected chi connectivity index (χ3v) is 18.8. The van der Waals surface area contributed by atoms with Gasteiger partial charge in [-0.2, -0.15) is 10.2 Å². The van der Waals surface area contributed by atoms with Crippen molar-refractivity contribution < 1.29 is 46.2 Å². The van der Waals surface area contributed by atoms with Gasteiger partial charge in [0.25, 0.3) is 11.8 Å². The van der Waals surface area contributed by atoms with Crippen molar-refractivity contribution in [2.24, 2.45) is 21.7 Å². The molecule has 2 amide bonds. The summed E-state index contributed by atoms with van der Waals surface area (Å²) in [6.45, 7) is 1.77. The average molecular weight is 1300 g/mol. The number of ether oxygens (including phenoxy) is 3. The first kappa shape index (κ1) is 61.1. The average Bonchev–Trinajstić information content (AvgIpc) is 4.05. The zero-order valence-electron chi connectivity index (χ0n) is 43.6. The number of nitrogens with zero attached hydrogens (tertiary/aromatic N) is 4. The highest BCUT2D eigenvalue weighted by Gasteiger charge is 2.61. The van der Waals surface area contributed by atoms with Gasteiger partial charge in [0, 0.05) is 57.9 Å². The fourth-order valence-corrected chi connectivity index (χ4v) is 13.5. The topological polar surface area (TPSA) is 162 Å². The Labute approximate surface area is 496 Å². The van der Waals surface area contributed by atoms with E-state index >= 15 is 31.9 Å². The van der Waals surface area contributed by atoms with Crippen LogP contribution in [0.1, 0.15) is 78.8 Å². The lowest BCUT2D eigenvalue weighted by atomic mass is 9.75. The van der Waals surface area contributed by atoms with Crippen molar-refractivity contribution in [3.63, 3.8) is 0 Å². The molecule has 4 unspecified atom stereocenters. The Morgan fingerprint density at radius 2 is 0.975 bits per heavy atom. The quantitative estimate of drug-likeness (QED) is 0.0626. The largest absolute Gasteiger partial charge is 0.371 e. The number of carbonyl (C=O) groups excluding carboxylic acids is 3. The zero-order chi connectivity index (χ0) is 57.8. The first-order chi connectivity index (χ1) is 38.2. The molecule has 0 radical (unpaired) electrons. The number of rotatable bonds is 22. The molecule has 80 heavy (non-hydrogen) atoms. The number of carbonyl (C=O) groups is 3. The standard InChI is InChI=1S/C58H54Br2Cl2F4N6O6S2/c1-54(76-2,34-56(78-4,36-7-15-39(59)16-8-36)53(75)72-57(27-5-29-67,37-9-17-40(60)18-10-37)79-51(70-72)46-32-44(64)24-26-48(46)66)49(73)33-55(77-3,35-11-19-41(61)20-12-35)52(74)71-58(28-6-30-68,38-13-21-42(62)22-14-38)80-50(69-71)45-31-43(63)23-25-47(45)65/h7-26,31-32H,5-6,27-30,33-34,67-68H2,1-4H3/t54-,55?,56?,57?,58?/m1/s1. The number of thioether (sulfide) groups is 2. The van der Waals surface area contributed by atoms with E-state index in [1.807, 2.05) is 0 Å². The summed E-state index contributed by atoms with van der Waals surface area (Å²) in [5.74, 6) is -5.65. The normalized spacial score (nSPS) is 19.5. The van der Waals surface area contributed by atoms with Crippen molar-refractivity contribution in [2.75, 3.05) is 34.4 Å². The van der Waals surface area contributed by atoms with E-state index in [0.29, 0.717) is 33.5 Å². The smallest absolute Gasteiger partial charge is 0.281 e. The molecule has 0 fully saturated rings. The minimum atomic E-state index is -2.32. The van der Waals surface area contributed by atoms with Crippen molar-refractivity contribution in [3.8, 4) is 0 Å². The second kappa shape index (κ2) is 25.3. The number of halogens is 8. The second-order valence-electron chi connectivity index (χ2n) is 19.2. The third kappa shape index (κ3) is 11.8. The summed E-state index contributed by atoms with van der Waals surface area (Å²) in [7, 11) is 3.80. The maximum atomic E-state index is 16.4. The van der Waals surface area contributed by atoms with Crippen molar-refractivity contribution in [3.05, 3.63) is 209 Å². The minimum Gasteiger partial charge on any atom is -0.371 e. The number of nitrogens with two attached hydrogens (primary N) is 2. The summed E-state index contributed by atoms with van der Waals surface area (Å²) in [6, 6.07) is 32.2. The number of hydrazone groups is 2. The first-order valence-electron chi connectivity index (χ1n) is 25.0. The molecule has 0 bridgehead atoms. The van der Waals surface area contributed by atoms with E-state index in [0.717, 1.165) is 69.4 Å². The molecule has 12 nitrogen and oxygen atoms in total. The van der Waals surface area contributed by atoms with E-state index in [1.165, 1.54) is 57.5 Å². The van der Waals surface area contributed by atoms with Gasteiger partial charge in [0.1, 0.15) is 48.7 Å². The van der Waals surface area contributed by atoms with E-state index in [2.05, 4.69) is 31.9 Å². The predicted molar refractivity (Wildman–Crippen MR) is 313 cm³/mol. The Hall–Kier alpha value is -4.97. The second-order valence-corrected chi connectivity index (χ2v) is 24.4. The molecule has 6 aromatic carbocycles. The number of ketones is 1. The molecule has 6 aromatic rings. The fraction of sp³-hybridized carbons (Fsp3) is 0.293. The molecular formula is C58H54Br2Cl2F4N6O6S2. The predicted octanol–water partition coefficient (Wildman–Crippen LogP) is 13.3. The van der Waals surface area contributed by atoms with Gasteiger partial charge in [0.2, 0.25) is 0 Å². The van der Waals surface area contributed by atoms with Crippen molar-refractivity contribution in [1.29, 1.82) is 0 Å². The molecule has 8 rings (SSSR count).